The third-order valence-corrected chi connectivity index (χ3v) is 4.21. The first kappa shape index (κ1) is 16.5. The number of aryl methyl sites for hydroxylation is 1. The summed E-state index contributed by atoms with van der Waals surface area (Å²) in [6.07, 6.45) is 0.807. The Kier molecular flexibility index (Phi) is 4.81. The van der Waals surface area contributed by atoms with Crippen LogP contribution < -0.4 is 10.1 Å². The average molecular weight is 330 g/mol. The Balaban J connectivity index is 1.66. The molecule has 0 atom stereocenters. The summed E-state index contributed by atoms with van der Waals surface area (Å²) < 4.78 is 31.8. The molecule has 3 rings (SSSR count). The zero-order valence-corrected chi connectivity index (χ0v) is 13.7. The number of hydrogen-bond acceptors (Lipinski definition) is 2. The van der Waals surface area contributed by atoms with Crippen LogP contribution in [0.2, 0.25) is 0 Å². The summed E-state index contributed by atoms with van der Waals surface area (Å²) in [7, 11) is 1.65. The van der Waals surface area contributed by atoms with E-state index in [0.717, 1.165) is 34.8 Å². The highest BCUT2D eigenvalue weighted by Crippen LogP contribution is 2.26. The molecule has 0 unspecified atom stereocenters. The quantitative estimate of drug-likeness (QED) is 0.668. The Labute approximate surface area is 139 Å². The van der Waals surface area contributed by atoms with Crippen molar-refractivity contribution in [1.29, 1.82) is 0 Å². The maximum absolute atomic E-state index is 13.6. The van der Waals surface area contributed by atoms with Crippen molar-refractivity contribution >= 4 is 10.9 Å². The number of hydrogen-bond donors (Lipinski definition) is 2. The van der Waals surface area contributed by atoms with Gasteiger partial charge in [-0.2, -0.15) is 0 Å². The van der Waals surface area contributed by atoms with Gasteiger partial charge in [0.1, 0.15) is 17.4 Å². The van der Waals surface area contributed by atoms with Gasteiger partial charge in [-0.15, -0.1) is 0 Å². The molecule has 126 valence electrons. The van der Waals surface area contributed by atoms with E-state index in [4.69, 9.17) is 4.74 Å². The highest BCUT2D eigenvalue weighted by atomic mass is 19.1. The van der Waals surface area contributed by atoms with Crippen LogP contribution in [0.15, 0.2) is 36.4 Å². The van der Waals surface area contributed by atoms with Crippen molar-refractivity contribution in [2.45, 2.75) is 19.9 Å². The Bertz CT molecular complexity index is 858. The summed E-state index contributed by atoms with van der Waals surface area (Å²) in [5.41, 5.74) is 3.88. The monoisotopic (exact) mass is 330 g/mol. The van der Waals surface area contributed by atoms with Crippen LogP contribution in [-0.2, 0) is 13.0 Å². The van der Waals surface area contributed by atoms with Gasteiger partial charge in [0.15, 0.2) is 0 Å². The molecule has 24 heavy (non-hydrogen) atoms. The first-order chi connectivity index (χ1) is 11.6. The van der Waals surface area contributed by atoms with Crippen LogP contribution in [0.4, 0.5) is 8.78 Å². The van der Waals surface area contributed by atoms with Gasteiger partial charge in [-0.25, -0.2) is 8.78 Å². The molecule has 0 fully saturated rings. The van der Waals surface area contributed by atoms with E-state index < -0.39 is 11.6 Å². The molecule has 0 aliphatic rings. The number of benzene rings is 2. The summed E-state index contributed by atoms with van der Waals surface area (Å²) in [6, 6.07) is 9.61. The van der Waals surface area contributed by atoms with Crippen LogP contribution in [-0.4, -0.2) is 18.6 Å². The molecule has 0 amide bonds. The van der Waals surface area contributed by atoms with Gasteiger partial charge in [0.05, 0.1) is 7.11 Å². The van der Waals surface area contributed by atoms with Crippen LogP contribution in [0.5, 0.6) is 5.75 Å². The van der Waals surface area contributed by atoms with Crippen molar-refractivity contribution in [1.82, 2.24) is 10.3 Å². The summed E-state index contributed by atoms with van der Waals surface area (Å²) in [4.78, 5) is 3.37. The first-order valence-electron chi connectivity index (χ1n) is 7.88. The van der Waals surface area contributed by atoms with E-state index in [1.165, 1.54) is 17.7 Å². The Morgan fingerprint density at radius 1 is 1.12 bits per heavy atom. The Morgan fingerprint density at radius 2 is 1.96 bits per heavy atom. The fourth-order valence-corrected chi connectivity index (χ4v) is 2.91. The van der Waals surface area contributed by atoms with Gasteiger partial charge in [-0.1, -0.05) is 6.07 Å². The van der Waals surface area contributed by atoms with Gasteiger partial charge in [0, 0.05) is 34.8 Å². The van der Waals surface area contributed by atoms with Gasteiger partial charge in [0.25, 0.3) is 0 Å². The number of ether oxygens (including phenoxy) is 1. The minimum Gasteiger partial charge on any atom is -0.497 e. The molecule has 1 aromatic heterocycles. The smallest absolute Gasteiger partial charge is 0.130 e. The molecule has 0 radical (unpaired) electrons. The minimum absolute atomic E-state index is 0.372. The summed E-state index contributed by atoms with van der Waals surface area (Å²) >= 11 is 0. The molecule has 0 aliphatic carbocycles. The summed E-state index contributed by atoms with van der Waals surface area (Å²) in [5.74, 6) is -0.251. The highest BCUT2D eigenvalue weighted by molar-refractivity contribution is 5.86. The molecule has 3 aromatic rings. The standard InChI is InChI=1S/C19H20F2N2O/c1-12-16(17-10-15(24-2)5-6-19(17)23-12)7-8-22-11-13-3-4-14(20)9-18(13)21/h3-6,9-10,22-23H,7-8,11H2,1-2H3. The van der Waals surface area contributed by atoms with E-state index in [2.05, 4.69) is 10.3 Å². The van der Waals surface area contributed by atoms with E-state index >= 15 is 0 Å². The molecule has 1 heterocycles. The van der Waals surface area contributed by atoms with Crippen molar-refractivity contribution in [2.24, 2.45) is 0 Å². The molecule has 0 saturated heterocycles. The van der Waals surface area contributed by atoms with E-state index in [-0.39, 0.29) is 0 Å². The largest absolute Gasteiger partial charge is 0.497 e. The van der Waals surface area contributed by atoms with Gasteiger partial charge in [0.2, 0.25) is 0 Å². The molecule has 3 nitrogen and oxygen atoms in total. The lowest BCUT2D eigenvalue weighted by Crippen LogP contribution is -2.17. The van der Waals surface area contributed by atoms with Crippen LogP contribution in [0.1, 0.15) is 16.8 Å². The van der Waals surface area contributed by atoms with Crippen molar-refractivity contribution in [3.8, 4) is 5.75 Å². The lowest BCUT2D eigenvalue weighted by atomic mass is 10.1. The van der Waals surface area contributed by atoms with Crippen LogP contribution in [0, 0.1) is 18.6 Å². The van der Waals surface area contributed by atoms with E-state index in [1.54, 1.807) is 7.11 Å². The number of aromatic nitrogens is 1. The number of nitrogens with one attached hydrogen (secondary N) is 2. The van der Waals surface area contributed by atoms with Crippen LogP contribution >= 0.6 is 0 Å². The number of aromatic amines is 1. The highest BCUT2D eigenvalue weighted by Gasteiger charge is 2.09. The van der Waals surface area contributed by atoms with Crippen molar-refractivity contribution in [3.63, 3.8) is 0 Å². The van der Waals surface area contributed by atoms with Crippen LogP contribution in [0.3, 0.4) is 0 Å². The maximum atomic E-state index is 13.6. The van der Waals surface area contributed by atoms with E-state index in [0.29, 0.717) is 18.7 Å². The van der Waals surface area contributed by atoms with Crippen molar-refractivity contribution in [3.05, 3.63) is 64.9 Å². The number of fused-ring (bicyclic) bond motifs is 1. The maximum Gasteiger partial charge on any atom is 0.130 e. The lowest BCUT2D eigenvalue weighted by Gasteiger charge is -2.07. The topological polar surface area (TPSA) is 37.0 Å². The minimum atomic E-state index is -0.556. The van der Waals surface area contributed by atoms with E-state index in [1.807, 2.05) is 25.1 Å². The average Bonchev–Trinajstić information content (AvgIpc) is 2.88. The van der Waals surface area contributed by atoms with E-state index in [9.17, 15) is 8.78 Å². The van der Waals surface area contributed by atoms with Gasteiger partial charge >= 0.3 is 0 Å². The zero-order chi connectivity index (χ0) is 17.1. The molecule has 0 spiro atoms. The molecule has 0 saturated carbocycles. The van der Waals surface area contributed by atoms with Gasteiger partial charge < -0.3 is 15.0 Å². The predicted molar refractivity (Wildman–Crippen MR) is 91.4 cm³/mol. The molecule has 2 N–H and O–H groups in total. The fourth-order valence-electron chi connectivity index (χ4n) is 2.91. The zero-order valence-electron chi connectivity index (χ0n) is 13.7. The molecule has 0 aliphatic heterocycles. The molecular weight excluding hydrogens is 310 g/mol. The van der Waals surface area contributed by atoms with Gasteiger partial charge in [-0.3, -0.25) is 0 Å². The number of halogens is 2. The lowest BCUT2D eigenvalue weighted by molar-refractivity contribution is 0.415. The van der Waals surface area contributed by atoms with Crippen molar-refractivity contribution in [2.75, 3.05) is 13.7 Å². The van der Waals surface area contributed by atoms with Crippen molar-refractivity contribution < 1.29 is 13.5 Å². The molecule has 5 heteroatoms. The summed E-state index contributed by atoms with van der Waals surface area (Å²) in [6.45, 7) is 3.11. The molecular formula is C19H20F2N2O. The second-order valence-corrected chi connectivity index (χ2v) is 5.80. The number of rotatable bonds is 6. The second kappa shape index (κ2) is 7.01. The number of methoxy groups -OCH3 is 1. The number of H-pyrrole nitrogens is 1. The Hall–Kier alpha value is -2.40. The Morgan fingerprint density at radius 3 is 2.71 bits per heavy atom. The molecule has 0 bridgehead atoms. The summed E-state index contributed by atoms with van der Waals surface area (Å²) in [5, 5.41) is 4.35. The first-order valence-corrected chi connectivity index (χ1v) is 7.88. The predicted octanol–water partition coefficient (Wildman–Crippen LogP) is 4.10. The third kappa shape index (κ3) is 3.41. The third-order valence-electron chi connectivity index (χ3n) is 4.21. The fraction of sp³-hybridized carbons (Fsp3) is 0.263. The van der Waals surface area contributed by atoms with Gasteiger partial charge in [-0.05, 0) is 49.7 Å². The molecule has 2 aromatic carbocycles. The SMILES string of the molecule is COc1ccc2[nH]c(C)c(CCNCc3ccc(F)cc3F)c2c1. The van der Waals surface area contributed by atoms with Crippen LogP contribution in [0.25, 0.3) is 10.9 Å². The second-order valence-electron chi connectivity index (χ2n) is 5.80. The normalized spacial score (nSPS) is 11.2.